The van der Waals surface area contributed by atoms with E-state index in [2.05, 4.69) is 77.9 Å². The van der Waals surface area contributed by atoms with Crippen LogP contribution in [0.25, 0.3) is 28.2 Å². The van der Waals surface area contributed by atoms with Gasteiger partial charge in [-0.3, -0.25) is 9.36 Å². The van der Waals surface area contributed by atoms with E-state index in [1.165, 1.54) is 17.3 Å². The summed E-state index contributed by atoms with van der Waals surface area (Å²) in [5.74, 6) is 0.658. The highest BCUT2D eigenvalue weighted by molar-refractivity contribution is 7.99. The second-order valence-electron chi connectivity index (χ2n) is 10.4. The van der Waals surface area contributed by atoms with Crippen LogP contribution in [0.1, 0.15) is 31.9 Å². The van der Waals surface area contributed by atoms with Gasteiger partial charge < -0.3 is 0 Å². The lowest BCUT2D eigenvalue weighted by Gasteiger charge is -2.19. The summed E-state index contributed by atoms with van der Waals surface area (Å²) in [6.45, 7) is 6.58. The smallest absolute Gasteiger partial charge is 0.250 e. The Morgan fingerprint density at radius 3 is 2.05 bits per heavy atom. The van der Waals surface area contributed by atoms with Gasteiger partial charge in [0.15, 0.2) is 11.0 Å². The van der Waals surface area contributed by atoms with Gasteiger partial charge in [0.25, 0.3) is 5.91 Å². The summed E-state index contributed by atoms with van der Waals surface area (Å²) in [7, 11) is 0. The molecule has 1 aromatic heterocycles. The summed E-state index contributed by atoms with van der Waals surface area (Å²) >= 11 is 1.32. The molecule has 0 spiro atoms. The van der Waals surface area contributed by atoms with E-state index in [0.717, 1.165) is 33.8 Å². The number of nitrogens with one attached hydrogen (secondary N) is 1. The molecule has 7 heteroatoms. The van der Waals surface area contributed by atoms with E-state index < -0.39 is 0 Å². The number of nitrogens with zero attached hydrogens (tertiary/aromatic N) is 4. The number of carbonyl (C=O) groups excluding carboxylic acids is 1. The highest BCUT2D eigenvalue weighted by Crippen LogP contribution is 2.30. The number of aromatic nitrogens is 3. The molecule has 6 nitrogen and oxygen atoms in total. The molecular formula is C33H31N5OS. The van der Waals surface area contributed by atoms with Crippen LogP contribution in [0.5, 0.6) is 0 Å². The first-order valence-corrected chi connectivity index (χ1v) is 14.1. The molecule has 0 saturated heterocycles. The van der Waals surface area contributed by atoms with Crippen LogP contribution in [-0.2, 0) is 10.2 Å². The maximum Gasteiger partial charge on any atom is 0.250 e. The Labute approximate surface area is 239 Å². The number of para-hydroxylation sites is 1. The van der Waals surface area contributed by atoms with Crippen LogP contribution in [0.3, 0.4) is 0 Å². The largest absolute Gasteiger partial charge is 0.272 e. The third-order valence-electron chi connectivity index (χ3n) is 6.41. The van der Waals surface area contributed by atoms with Crippen LogP contribution >= 0.6 is 11.8 Å². The number of hydrazone groups is 1. The van der Waals surface area contributed by atoms with Crippen molar-refractivity contribution in [2.75, 3.05) is 5.75 Å². The topological polar surface area (TPSA) is 72.2 Å². The van der Waals surface area contributed by atoms with Crippen LogP contribution in [-0.4, -0.2) is 32.6 Å². The van der Waals surface area contributed by atoms with Gasteiger partial charge in [-0.25, -0.2) is 5.43 Å². The highest BCUT2D eigenvalue weighted by Gasteiger charge is 2.19. The molecule has 40 heavy (non-hydrogen) atoms. The Hall–Kier alpha value is -4.49. The van der Waals surface area contributed by atoms with Crippen molar-refractivity contribution in [3.63, 3.8) is 0 Å². The fourth-order valence-corrected chi connectivity index (χ4v) is 4.96. The summed E-state index contributed by atoms with van der Waals surface area (Å²) in [6.07, 6.45) is 1.64. The van der Waals surface area contributed by atoms with Gasteiger partial charge in [0.1, 0.15) is 0 Å². The zero-order valence-corrected chi connectivity index (χ0v) is 23.6. The first-order valence-electron chi connectivity index (χ1n) is 13.1. The summed E-state index contributed by atoms with van der Waals surface area (Å²) in [4.78, 5) is 12.6. The highest BCUT2D eigenvalue weighted by atomic mass is 32.2. The molecule has 1 N–H and O–H groups in total. The molecule has 0 saturated carbocycles. The summed E-state index contributed by atoms with van der Waals surface area (Å²) in [5, 5.41) is 13.7. The van der Waals surface area contributed by atoms with E-state index in [-0.39, 0.29) is 17.1 Å². The number of amides is 1. The Morgan fingerprint density at radius 2 is 1.40 bits per heavy atom. The molecule has 0 radical (unpaired) electrons. The molecule has 0 bridgehead atoms. The average Bonchev–Trinajstić information content (AvgIpc) is 3.41. The van der Waals surface area contributed by atoms with Crippen LogP contribution in [0, 0.1) is 0 Å². The molecule has 5 aromatic rings. The standard InChI is InChI=1S/C33H31N5OS/c1-33(2,3)28-20-18-27(19-21-28)31-36-37-32(38(31)29-12-8-5-9-13-29)40-23-30(39)35-34-22-24-14-16-26(17-15-24)25-10-6-4-7-11-25/h4-22H,23H2,1-3H3,(H,35,39)/b34-22+. The van der Waals surface area contributed by atoms with E-state index >= 15 is 0 Å². The molecule has 200 valence electrons. The Kier molecular flexibility index (Phi) is 8.22. The first kappa shape index (κ1) is 27.1. The third-order valence-corrected chi connectivity index (χ3v) is 7.34. The summed E-state index contributed by atoms with van der Waals surface area (Å²) in [5.41, 5.74) is 9.02. The van der Waals surface area contributed by atoms with E-state index in [9.17, 15) is 4.79 Å². The summed E-state index contributed by atoms with van der Waals surface area (Å²) < 4.78 is 1.99. The first-order chi connectivity index (χ1) is 19.4. The molecule has 0 aliphatic heterocycles. The average molecular weight is 546 g/mol. The van der Waals surface area contributed by atoms with Crippen LogP contribution in [0.4, 0.5) is 0 Å². The van der Waals surface area contributed by atoms with Crippen molar-refractivity contribution in [3.05, 3.63) is 120 Å². The number of carbonyl (C=O) groups is 1. The van der Waals surface area contributed by atoms with Crippen molar-refractivity contribution in [1.82, 2.24) is 20.2 Å². The van der Waals surface area contributed by atoms with Crippen molar-refractivity contribution in [3.8, 4) is 28.2 Å². The van der Waals surface area contributed by atoms with E-state index in [1.54, 1.807) is 6.21 Å². The lowest BCUT2D eigenvalue weighted by Crippen LogP contribution is -2.20. The Balaban J connectivity index is 1.26. The van der Waals surface area contributed by atoms with Gasteiger partial charge in [-0.1, -0.05) is 130 Å². The number of thioether (sulfide) groups is 1. The van der Waals surface area contributed by atoms with E-state index in [1.807, 2.05) is 77.4 Å². The molecule has 0 aliphatic carbocycles. The van der Waals surface area contributed by atoms with Crippen LogP contribution in [0.15, 0.2) is 119 Å². The normalized spacial score (nSPS) is 11.6. The van der Waals surface area contributed by atoms with E-state index in [4.69, 9.17) is 0 Å². The molecule has 5 rings (SSSR count). The number of rotatable bonds is 8. The van der Waals surface area contributed by atoms with Gasteiger partial charge in [0, 0.05) is 11.3 Å². The maximum absolute atomic E-state index is 12.6. The molecule has 4 aromatic carbocycles. The van der Waals surface area contributed by atoms with Crippen molar-refractivity contribution in [1.29, 1.82) is 0 Å². The van der Waals surface area contributed by atoms with Gasteiger partial charge in [0.05, 0.1) is 12.0 Å². The van der Waals surface area contributed by atoms with Gasteiger partial charge in [-0.15, -0.1) is 10.2 Å². The lowest BCUT2D eigenvalue weighted by atomic mass is 9.87. The third kappa shape index (κ3) is 6.55. The predicted octanol–water partition coefficient (Wildman–Crippen LogP) is 7.14. The minimum Gasteiger partial charge on any atom is -0.272 e. The molecule has 0 fully saturated rings. The molecule has 0 atom stereocenters. The SMILES string of the molecule is CC(C)(C)c1ccc(-c2nnc(SCC(=O)N/N=C/c3ccc(-c4ccccc4)cc3)n2-c2ccccc2)cc1. The van der Waals surface area contributed by atoms with E-state index in [0.29, 0.717) is 5.16 Å². The fourth-order valence-electron chi connectivity index (χ4n) is 4.21. The zero-order valence-electron chi connectivity index (χ0n) is 22.8. The second kappa shape index (κ2) is 12.1. The molecule has 0 unspecified atom stereocenters. The van der Waals surface area contributed by atoms with Gasteiger partial charge in [0.2, 0.25) is 0 Å². The molecule has 1 amide bonds. The molecule has 1 heterocycles. The number of benzene rings is 4. The number of hydrogen-bond acceptors (Lipinski definition) is 5. The monoisotopic (exact) mass is 545 g/mol. The summed E-state index contributed by atoms with van der Waals surface area (Å²) in [6, 6.07) is 36.6. The van der Waals surface area contributed by atoms with Crippen LogP contribution in [0.2, 0.25) is 0 Å². The Morgan fingerprint density at radius 1 is 0.800 bits per heavy atom. The Bertz CT molecular complexity index is 1590. The second-order valence-corrected chi connectivity index (χ2v) is 11.3. The van der Waals surface area contributed by atoms with Gasteiger partial charge in [-0.2, -0.15) is 5.10 Å². The minimum absolute atomic E-state index is 0.0636. The van der Waals surface area contributed by atoms with Gasteiger partial charge >= 0.3 is 0 Å². The number of hydrogen-bond donors (Lipinski definition) is 1. The zero-order chi connectivity index (χ0) is 28.0. The molecule has 0 aliphatic rings. The lowest BCUT2D eigenvalue weighted by molar-refractivity contribution is -0.118. The van der Waals surface area contributed by atoms with Crippen molar-refractivity contribution in [2.24, 2.45) is 5.10 Å². The van der Waals surface area contributed by atoms with Crippen molar-refractivity contribution >= 4 is 23.9 Å². The quantitative estimate of drug-likeness (QED) is 0.128. The predicted molar refractivity (Wildman–Crippen MR) is 164 cm³/mol. The van der Waals surface area contributed by atoms with Crippen molar-refractivity contribution in [2.45, 2.75) is 31.3 Å². The fraction of sp³-hybridized carbons (Fsp3) is 0.152. The maximum atomic E-state index is 12.6. The van der Waals surface area contributed by atoms with Gasteiger partial charge in [-0.05, 0) is 39.8 Å². The minimum atomic E-state index is -0.221. The molecular weight excluding hydrogens is 514 g/mol. The van der Waals surface area contributed by atoms with Crippen molar-refractivity contribution < 1.29 is 4.79 Å². The van der Waals surface area contributed by atoms with Crippen LogP contribution < -0.4 is 5.43 Å².